The molecular weight excluding hydrogens is 266 g/mol. The van der Waals surface area contributed by atoms with Crippen molar-refractivity contribution in [2.75, 3.05) is 12.3 Å². The molecule has 1 aliphatic carbocycles. The molecule has 0 amide bonds. The van der Waals surface area contributed by atoms with Gasteiger partial charge in [0.25, 0.3) is 0 Å². The Hall–Kier alpha value is -0.700. The highest BCUT2D eigenvalue weighted by Gasteiger charge is 2.16. The van der Waals surface area contributed by atoms with Crippen molar-refractivity contribution in [1.82, 2.24) is 0 Å². The minimum Gasteiger partial charge on any atom is -0.491 e. The second-order valence-electron chi connectivity index (χ2n) is 4.60. The zero-order valence-electron chi connectivity index (χ0n) is 9.63. The van der Waals surface area contributed by atoms with Gasteiger partial charge < -0.3 is 10.5 Å². The summed E-state index contributed by atoms with van der Waals surface area (Å²) in [6.45, 7) is 2.85. The molecule has 0 bridgehead atoms. The quantitative estimate of drug-likeness (QED) is 0.854. The van der Waals surface area contributed by atoms with Crippen molar-refractivity contribution in [2.24, 2.45) is 5.92 Å². The van der Waals surface area contributed by atoms with E-state index in [0.29, 0.717) is 0 Å². The largest absolute Gasteiger partial charge is 0.491 e. The van der Waals surface area contributed by atoms with E-state index in [0.717, 1.165) is 34.0 Å². The third-order valence-corrected chi connectivity index (χ3v) is 3.66. The van der Waals surface area contributed by atoms with Crippen LogP contribution in [0.3, 0.4) is 0 Å². The maximum atomic E-state index is 5.95. The SMILES string of the molecule is Cc1cc(Br)cc(N)c1OCC1CCCC1. The topological polar surface area (TPSA) is 35.2 Å². The van der Waals surface area contributed by atoms with E-state index in [1.54, 1.807) is 0 Å². The van der Waals surface area contributed by atoms with Crippen molar-refractivity contribution in [3.05, 3.63) is 22.2 Å². The standard InChI is InChI=1S/C13H18BrNO/c1-9-6-11(14)7-12(15)13(9)16-8-10-4-2-3-5-10/h6-7,10H,2-5,8,15H2,1H3. The highest BCUT2D eigenvalue weighted by Crippen LogP contribution is 2.32. The van der Waals surface area contributed by atoms with E-state index in [-0.39, 0.29) is 0 Å². The van der Waals surface area contributed by atoms with Crippen LogP contribution in [-0.2, 0) is 0 Å². The second kappa shape index (κ2) is 5.09. The average molecular weight is 284 g/mol. The molecule has 2 N–H and O–H groups in total. The molecular formula is C13H18BrNO. The van der Waals surface area contributed by atoms with Crippen molar-refractivity contribution >= 4 is 21.6 Å². The Bertz CT molecular complexity index is 349. The number of aryl methyl sites for hydroxylation is 1. The van der Waals surface area contributed by atoms with Gasteiger partial charge in [-0.05, 0) is 43.4 Å². The Kier molecular flexibility index (Phi) is 3.74. The lowest BCUT2D eigenvalue weighted by Crippen LogP contribution is -2.10. The van der Waals surface area contributed by atoms with Gasteiger partial charge in [0.15, 0.2) is 0 Å². The molecule has 0 radical (unpaired) electrons. The Balaban J connectivity index is 2.03. The zero-order chi connectivity index (χ0) is 11.5. The predicted octanol–water partition coefficient (Wildman–Crippen LogP) is 3.91. The van der Waals surface area contributed by atoms with E-state index in [2.05, 4.69) is 15.9 Å². The molecule has 1 fully saturated rings. The molecule has 0 atom stereocenters. The van der Waals surface area contributed by atoms with Crippen LogP contribution in [0.2, 0.25) is 0 Å². The number of anilines is 1. The van der Waals surface area contributed by atoms with Gasteiger partial charge in [0.05, 0.1) is 12.3 Å². The number of hydrogen-bond donors (Lipinski definition) is 1. The lowest BCUT2D eigenvalue weighted by atomic mass is 10.1. The molecule has 16 heavy (non-hydrogen) atoms. The Morgan fingerprint density at radius 2 is 2.06 bits per heavy atom. The lowest BCUT2D eigenvalue weighted by molar-refractivity contribution is 0.252. The zero-order valence-corrected chi connectivity index (χ0v) is 11.2. The van der Waals surface area contributed by atoms with E-state index < -0.39 is 0 Å². The number of hydrogen-bond acceptors (Lipinski definition) is 2. The highest BCUT2D eigenvalue weighted by molar-refractivity contribution is 9.10. The first kappa shape index (κ1) is 11.8. The van der Waals surface area contributed by atoms with Gasteiger partial charge in [-0.2, -0.15) is 0 Å². The summed E-state index contributed by atoms with van der Waals surface area (Å²) < 4.78 is 6.87. The molecule has 0 unspecified atom stereocenters. The monoisotopic (exact) mass is 283 g/mol. The van der Waals surface area contributed by atoms with Crippen molar-refractivity contribution in [2.45, 2.75) is 32.6 Å². The fourth-order valence-corrected chi connectivity index (χ4v) is 2.92. The van der Waals surface area contributed by atoms with E-state index >= 15 is 0 Å². The molecule has 1 saturated carbocycles. The Morgan fingerprint density at radius 1 is 1.38 bits per heavy atom. The summed E-state index contributed by atoms with van der Waals surface area (Å²) in [5.41, 5.74) is 7.78. The van der Waals surface area contributed by atoms with Crippen LogP contribution in [0.15, 0.2) is 16.6 Å². The summed E-state index contributed by atoms with van der Waals surface area (Å²) >= 11 is 3.43. The van der Waals surface area contributed by atoms with E-state index in [9.17, 15) is 0 Å². The molecule has 0 spiro atoms. The van der Waals surface area contributed by atoms with Crippen molar-refractivity contribution in [3.8, 4) is 5.75 Å². The number of nitrogen functional groups attached to an aromatic ring is 1. The predicted molar refractivity (Wildman–Crippen MR) is 70.7 cm³/mol. The summed E-state index contributed by atoms with van der Waals surface area (Å²) in [6, 6.07) is 3.94. The van der Waals surface area contributed by atoms with Crippen LogP contribution < -0.4 is 10.5 Å². The smallest absolute Gasteiger partial charge is 0.145 e. The fourth-order valence-electron chi connectivity index (χ4n) is 2.33. The van der Waals surface area contributed by atoms with Crippen LogP contribution in [0.1, 0.15) is 31.2 Å². The van der Waals surface area contributed by atoms with Crippen LogP contribution in [0, 0.1) is 12.8 Å². The first-order valence-corrected chi connectivity index (χ1v) is 6.64. The third kappa shape index (κ3) is 2.70. The summed E-state index contributed by atoms with van der Waals surface area (Å²) in [7, 11) is 0. The molecule has 0 heterocycles. The van der Waals surface area contributed by atoms with Crippen LogP contribution in [0.4, 0.5) is 5.69 Å². The van der Waals surface area contributed by atoms with Gasteiger partial charge >= 0.3 is 0 Å². The number of benzene rings is 1. The van der Waals surface area contributed by atoms with Gasteiger partial charge in [0.2, 0.25) is 0 Å². The first-order valence-electron chi connectivity index (χ1n) is 5.85. The number of halogens is 1. The van der Waals surface area contributed by atoms with E-state index in [1.807, 2.05) is 19.1 Å². The molecule has 3 heteroatoms. The highest BCUT2D eigenvalue weighted by atomic mass is 79.9. The van der Waals surface area contributed by atoms with Crippen LogP contribution >= 0.6 is 15.9 Å². The fraction of sp³-hybridized carbons (Fsp3) is 0.538. The Morgan fingerprint density at radius 3 is 2.69 bits per heavy atom. The molecule has 0 aliphatic heterocycles. The minimum absolute atomic E-state index is 0.724. The molecule has 88 valence electrons. The van der Waals surface area contributed by atoms with Crippen LogP contribution in [0.25, 0.3) is 0 Å². The maximum absolute atomic E-state index is 5.95. The average Bonchev–Trinajstić information content (AvgIpc) is 2.68. The van der Waals surface area contributed by atoms with E-state index in [4.69, 9.17) is 10.5 Å². The summed E-state index contributed by atoms with van der Waals surface area (Å²) in [4.78, 5) is 0. The van der Waals surface area contributed by atoms with Gasteiger partial charge in [-0.3, -0.25) is 0 Å². The maximum Gasteiger partial charge on any atom is 0.145 e. The van der Waals surface area contributed by atoms with Crippen molar-refractivity contribution in [1.29, 1.82) is 0 Å². The van der Waals surface area contributed by atoms with Crippen molar-refractivity contribution < 1.29 is 4.74 Å². The summed E-state index contributed by atoms with van der Waals surface area (Å²) in [6.07, 6.45) is 5.30. The Labute approximate surface area is 105 Å². The normalized spacial score (nSPS) is 16.6. The van der Waals surface area contributed by atoms with Gasteiger partial charge in [-0.15, -0.1) is 0 Å². The molecule has 2 nitrogen and oxygen atoms in total. The molecule has 2 rings (SSSR count). The van der Waals surface area contributed by atoms with Gasteiger partial charge in [0, 0.05) is 4.47 Å². The first-order chi connectivity index (χ1) is 7.66. The van der Waals surface area contributed by atoms with Gasteiger partial charge in [-0.1, -0.05) is 28.8 Å². The van der Waals surface area contributed by atoms with E-state index in [1.165, 1.54) is 25.7 Å². The molecule has 0 saturated heterocycles. The third-order valence-electron chi connectivity index (χ3n) is 3.21. The lowest BCUT2D eigenvalue weighted by Gasteiger charge is -2.15. The van der Waals surface area contributed by atoms with Gasteiger partial charge in [-0.25, -0.2) is 0 Å². The minimum atomic E-state index is 0.724. The molecule has 1 aromatic carbocycles. The molecule has 1 aromatic rings. The summed E-state index contributed by atoms with van der Waals surface area (Å²) in [5.74, 6) is 1.58. The summed E-state index contributed by atoms with van der Waals surface area (Å²) in [5, 5.41) is 0. The number of rotatable bonds is 3. The molecule has 1 aliphatic rings. The van der Waals surface area contributed by atoms with Crippen molar-refractivity contribution in [3.63, 3.8) is 0 Å². The number of ether oxygens (including phenoxy) is 1. The second-order valence-corrected chi connectivity index (χ2v) is 5.52. The number of nitrogens with two attached hydrogens (primary N) is 1. The molecule has 0 aromatic heterocycles. The van der Waals surface area contributed by atoms with Gasteiger partial charge in [0.1, 0.15) is 5.75 Å². The van der Waals surface area contributed by atoms with Crippen LogP contribution in [0.5, 0.6) is 5.75 Å². The van der Waals surface area contributed by atoms with Crippen LogP contribution in [-0.4, -0.2) is 6.61 Å².